The minimum absolute atomic E-state index is 0.0482. The van der Waals surface area contributed by atoms with Crippen LogP contribution in [0.1, 0.15) is 61.1 Å². The normalized spacial score (nSPS) is 15.5. The molecule has 1 heterocycles. The first-order chi connectivity index (χ1) is 23.7. The summed E-state index contributed by atoms with van der Waals surface area (Å²) >= 11 is 0. The third kappa shape index (κ3) is 4.06. The van der Waals surface area contributed by atoms with E-state index in [1.54, 1.807) is 0 Å². The second kappa shape index (κ2) is 10.4. The van der Waals surface area contributed by atoms with Crippen molar-refractivity contribution in [3.8, 4) is 44.5 Å². The SMILES string of the molecule is C=CC1=C(C=C)c2cc(-c3cccc4c3-c3ccccc3C4(C)C)ccc2Nc2ccc(-c3cccc4c3-c3ccccc3C4(C)C)cc21. The summed E-state index contributed by atoms with van der Waals surface area (Å²) in [6, 6.07) is 45.0. The predicted molar refractivity (Wildman–Crippen MR) is 209 cm³/mol. The highest BCUT2D eigenvalue weighted by Gasteiger charge is 2.38. The maximum absolute atomic E-state index is 4.34. The molecule has 0 atom stereocenters. The quantitative estimate of drug-likeness (QED) is 0.205. The van der Waals surface area contributed by atoms with Gasteiger partial charge in [0.15, 0.2) is 0 Å². The summed E-state index contributed by atoms with van der Waals surface area (Å²) in [7, 11) is 0. The molecule has 0 unspecified atom stereocenters. The maximum atomic E-state index is 4.34. The Hall–Kier alpha value is -5.66. The van der Waals surface area contributed by atoms with Crippen molar-refractivity contribution in [1.29, 1.82) is 0 Å². The Morgan fingerprint density at radius 3 is 1.24 bits per heavy atom. The maximum Gasteiger partial charge on any atom is 0.0464 e. The van der Waals surface area contributed by atoms with Gasteiger partial charge in [0.2, 0.25) is 0 Å². The van der Waals surface area contributed by atoms with Crippen LogP contribution in [0.15, 0.2) is 147 Å². The molecule has 0 aromatic heterocycles. The van der Waals surface area contributed by atoms with Crippen LogP contribution >= 0.6 is 0 Å². The average molecular weight is 630 g/mol. The third-order valence-corrected chi connectivity index (χ3v) is 11.4. The Balaban J connectivity index is 1.21. The highest BCUT2D eigenvalue weighted by Crippen LogP contribution is 2.54. The number of nitrogens with one attached hydrogen (secondary N) is 1. The van der Waals surface area contributed by atoms with Gasteiger partial charge < -0.3 is 5.32 Å². The Labute approximate surface area is 290 Å². The second-order valence-corrected chi connectivity index (χ2v) is 14.7. The van der Waals surface area contributed by atoms with Crippen molar-refractivity contribution in [1.82, 2.24) is 0 Å². The lowest BCUT2D eigenvalue weighted by Crippen LogP contribution is -2.14. The summed E-state index contributed by atoms with van der Waals surface area (Å²) in [5.41, 5.74) is 22.2. The molecule has 0 amide bonds. The van der Waals surface area contributed by atoms with E-state index in [1.807, 2.05) is 12.2 Å². The molecule has 6 aromatic carbocycles. The van der Waals surface area contributed by atoms with Crippen molar-refractivity contribution >= 4 is 22.5 Å². The first kappa shape index (κ1) is 29.5. The van der Waals surface area contributed by atoms with Gasteiger partial charge in [-0.2, -0.15) is 0 Å². The van der Waals surface area contributed by atoms with Gasteiger partial charge in [0, 0.05) is 33.3 Å². The molecule has 1 heteroatoms. The first-order valence-corrected chi connectivity index (χ1v) is 17.3. The minimum Gasteiger partial charge on any atom is -0.355 e. The highest BCUT2D eigenvalue weighted by molar-refractivity contribution is 6.08. The van der Waals surface area contributed by atoms with Crippen LogP contribution in [0.2, 0.25) is 0 Å². The molecule has 1 N–H and O–H groups in total. The van der Waals surface area contributed by atoms with E-state index in [4.69, 9.17) is 0 Å². The molecule has 236 valence electrons. The number of fused-ring (bicyclic) bond motifs is 8. The fraction of sp³-hybridized carbons (Fsp3) is 0.125. The van der Waals surface area contributed by atoms with Crippen LogP contribution in [0.4, 0.5) is 11.4 Å². The standard InChI is InChI=1S/C48H39N/c1-7-31-32(8-2)38-28-30(34-18-14-22-42-46(34)36-16-10-12-20-40(36)48(42,5)6)24-26-44(38)49-43-25-23-29(27-37(31)43)33-17-13-21-41-45(33)35-15-9-11-19-39(35)47(41,3)4/h7-28,49H,1-2H2,3-6H3. The highest BCUT2D eigenvalue weighted by atomic mass is 14.9. The van der Waals surface area contributed by atoms with Gasteiger partial charge in [-0.05, 0) is 102 Å². The van der Waals surface area contributed by atoms with Crippen molar-refractivity contribution in [3.63, 3.8) is 0 Å². The zero-order valence-electron chi connectivity index (χ0n) is 28.6. The number of rotatable bonds is 4. The van der Waals surface area contributed by atoms with E-state index in [1.165, 1.54) is 66.8 Å². The largest absolute Gasteiger partial charge is 0.355 e. The lowest BCUT2D eigenvalue weighted by molar-refractivity contribution is 0.660. The summed E-state index contributed by atoms with van der Waals surface area (Å²) < 4.78 is 0. The molecule has 3 aliphatic rings. The number of hydrogen-bond acceptors (Lipinski definition) is 1. The monoisotopic (exact) mass is 629 g/mol. The van der Waals surface area contributed by atoms with Gasteiger partial charge in [-0.15, -0.1) is 0 Å². The third-order valence-electron chi connectivity index (χ3n) is 11.4. The zero-order chi connectivity index (χ0) is 33.7. The van der Waals surface area contributed by atoms with Gasteiger partial charge in [-0.3, -0.25) is 0 Å². The van der Waals surface area contributed by atoms with Crippen molar-refractivity contribution in [2.75, 3.05) is 5.32 Å². The van der Waals surface area contributed by atoms with Gasteiger partial charge in [0.25, 0.3) is 0 Å². The van der Waals surface area contributed by atoms with Gasteiger partial charge in [0.1, 0.15) is 0 Å². The van der Waals surface area contributed by atoms with Crippen molar-refractivity contribution < 1.29 is 0 Å². The first-order valence-electron chi connectivity index (χ1n) is 17.3. The molecule has 49 heavy (non-hydrogen) atoms. The van der Waals surface area contributed by atoms with Crippen LogP contribution in [0.5, 0.6) is 0 Å². The Kier molecular flexibility index (Phi) is 6.27. The smallest absolute Gasteiger partial charge is 0.0464 e. The molecule has 6 aromatic rings. The van der Waals surface area contributed by atoms with E-state index in [-0.39, 0.29) is 10.8 Å². The number of allylic oxidation sites excluding steroid dienone is 4. The van der Waals surface area contributed by atoms with Gasteiger partial charge in [-0.25, -0.2) is 0 Å². The summed E-state index contributed by atoms with van der Waals surface area (Å²) in [6.07, 6.45) is 3.99. The minimum atomic E-state index is -0.0482. The van der Waals surface area contributed by atoms with E-state index in [2.05, 4.69) is 167 Å². The fourth-order valence-corrected chi connectivity index (χ4v) is 8.95. The van der Waals surface area contributed by atoms with Gasteiger partial charge in [0.05, 0.1) is 0 Å². The van der Waals surface area contributed by atoms with Crippen LogP contribution in [0.25, 0.3) is 55.7 Å². The number of anilines is 2. The van der Waals surface area contributed by atoms with E-state index >= 15 is 0 Å². The molecule has 0 fully saturated rings. The molecule has 2 aliphatic carbocycles. The molecule has 0 spiro atoms. The molecule has 0 saturated carbocycles. The van der Waals surface area contributed by atoms with Crippen LogP contribution < -0.4 is 5.32 Å². The van der Waals surface area contributed by atoms with E-state index in [0.717, 1.165) is 33.6 Å². The van der Waals surface area contributed by atoms with E-state index in [0.29, 0.717) is 0 Å². The topological polar surface area (TPSA) is 12.0 Å². The van der Waals surface area contributed by atoms with Crippen molar-refractivity contribution in [2.24, 2.45) is 0 Å². The lowest BCUT2D eigenvalue weighted by atomic mass is 9.82. The van der Waals surface area contributed by atoms with Crippen LogP contribution in [-0.4, -0.2) is 0 Å². The van der Waals surface area contributed by atoms with Crippen LogP contribution in [-0.2, 0) is 10.8 Å². The van der Waals surface area contributed by atoms with Crippen LogP contribution in [0, 0.1) is 0 Å². The number of benzene rings is 6. The summed E-state index contributed by atoms with van der Waals surface area (Å²) in [4.78, 5) is 0. The Morgan fingerprint density at radius 1 is 0.429 bits per heavy atom. The lowest BCUT2D eigenvalue weighted by Gasteiger charge is -2.21. The summed E-state index contributed by atoms with van der Waals surface area (Å²) in [5.74, 6) is 0. The average Bonchev–Trinajstić information content (AvgIpc) is 3.44. The number of hydrogen-bond donors (Lipinski definition) is 1. The summed E-state index contributed by atoms with van der Waals surface area (Å²) in [6.45, 7) is 18.0. The molecule has 0 bridgehead atoms. The Bertz CT molecular complexity index is 2280. The van der Waals surface area contributed by atoms with Crippen LogP contribution in [0.3, 0.4) is 0 Å². The zero-order valence-corrected chi connectivity index (χ0v) is 28.6. The van der Waals surface area contributed by atoms with Gasteiger partial charge in [-0.1, -0.05) is 150 Å². The summed E-state index contributed by atoms with van der Waals surface area (Å²) in [5, 5.41) is 3.81. The predicted octanol–water partition coefficient (Wildman–Crippen LogP) is 13.0. The molecular formula is C48H39N. The van der Waals surface area contributed by atoms with Crippen molar-refractivity contribution in [2.45, 2.75) is 38.5 Å². The molecular weight excluding hydrogens is 591 g/mol. The fourth-order valence-electron chi connectivity index (χ4n) is 8.95. The molecule has 1 nitrogen and oxygen atoms in total. The van der Waals surface area contributed by atoms with E-state index < -0.39 is 0 Å². The van der Waals surface area contributed by atoms with E-state index in [9.17, 15) is 0 Å². The second-order valence-electron chi connectivity index (χ2n) is 14.7. The molecule has 1 aliphatic heterocycles. The van der Waals surface area contributed by atoms with Gasteiger partial charge >= 0.3 is 0 Å². The Morgan fingerprint density at radius 2 is 0.816 bits per heavy atom. The van der Waals surface area contributed by atoms with Crippen molar-refractivity contribution in [3.05, 3.63) is 180 Å². The molecule has 0 saturated heterocycles. The molecule has 0 radical (unpaired) electrons. The molecule has 9 rings (SSSR count).